The molecule has 0 saturated carbocycles. The first-order valence-corrected chi connectivity index (χ1v) is 7.58. The zero-order valence-corrected chi connectivity index (χ0v) is 12.5. The SMILES string of the molecule is CN(c1ccccn1)C1CCN(Cc2cccnc2)CC1. The lowest BCUT2D eigenvalue weighted by molar-refractivity contribution is 0.203. The lowest BCUT2D eigenvalue weighted by Crippen LogP contribution is -2.43. The van der Waals surface area contributed by atoms with E-state index in [4.69, 9.17) is 0 Å². The Hall–Kier alpha value is -1.94. The summed E-state index contributed by atoms with van der Waals surface area (Å²) in [6, 6.07) is 10.9. The summed E-state index contributed by atoms with van der Waals surface area (Å²) >= 11 is 0. The van der Waals surface area contributed by atoms with Crippen LogP contribution in [0.5, 0.6) is 0 Å². The first kappa shape index (κ1) is 14.0. The predicted octanol–water partition coefficient (Wildman–Crippen LogP) is 2.58. The molecule has 4 heteroatoms. The highest BCUT2D eigenvalue weighted by atomic mass is 15.2. The van der Waals surface area contributed by atoms with E-state index < -0.39 is 0 Å². The summed E-state index contributed by atoms with van der Waals surface area (Å²) in [6.07, 6.45) is 8.04. The molecule has 0 aromatic carbocycles. The summed E-state index contributed by atoms with van der Waals surface area (Å²) in [5, 5.41) is 0. The average molecular weight is 282 g/mol. The van der Waals surface area contributed by atoms with Crippen LogP contribution in [-0.4, -0.2) is 41.0 Å². The van der Waals surface area contributed by atoms with Crippen LogP contribution < -0.4 is 4.90 Å². The molecular formula is C17H22N4. The van der Waals surface area contributed by atoms with Gasteiger partial charge in [-0.2, -0.15) is 0 Å². The van der Waals surface area contributed by atoms with Crippen molar-refractivity contribution >= 4 is 5.82 Å². The molecule has 1 saturated heterocycles. The second-order valence-electron chi connectivity index (χ2n) is 5.67. The topological polar surface area (TPSA) is 32.3 Å². The van der Waals surface area contributed by atoms with Gasteiger partial charge in [-0.25, -0.2) is 4.98 Å². The number of anilines is 1. The molecule has 0 bridgehead atoms. The third-order valence-electron chi connectivity index (χ3n) is 4.24. The lowest BCUT2D eigenvalue weighted by Gasteiger charge is -2.37. The Bertz CT molecular complexity index is 535. The Morgan fingerprint density at radius 2 is 2.00 bits per heavy atom. The quantitative estimate of drug-likeness (QED) is 0.863. The summed E-state index contributed by atoms with van der Waals surface area (Å²) in [7, 11) is 2.16. The van der Waals surface area contributed by atoms with Gasteiger partial charge in [0.2, 0.25) is 0 Å². The zero-order chi connectivity index (χ0) is 14.5. The number of aromatic nitrogens is 2. The van der Waals surface area contributed by atoms with E-state index in [1.54, 1.807) is 0 Å². The van der Waals surface area contributed by atoms with E-state index >= 15 is 0 Å². The van der Waals surface area contributed by atoms with E-state index in [9.17, 15) is 0 Å². The van der Waals surface area contributed by atoms with E-state index in [2.05, 4.69) is 45.0 Å². The Balaban J connectivity index is 1.53. The van der Waals surface area contributed by atoms with Crippen LogP contribution in [0.25, 0.3) is 0 Å². The van der Waals surface area contributed by atoms with Crippen LogP contribution in [-0.2, 0) is 6.54 Å². The van der Waals surface area contributed by atoms with Crippen molar-refractivity contribution in [2.75, 3.05) is 25.0 Å². The molecule has 2 aromatic heterocycles. The van der Waals surface area contributed by atoms with E-state index in [1.165, 1.54) is 18.4 Å². The highest BCUT2D eigenvalue weighted by Crippen LogP contribution is 2.21. The molecule has 0 amide bonds. The van der Waals surface area contributed by atoms with Gasteiger partial charge in [-0.05, 0) is 36.6 Å². The van der Waals surface area contributed by atoms with Crippen molar-refractivity contribution in [2.24, 2.45) is 0 Å². The minimum atomic E-state index is 0.588. The van der Waals surface area contributed by atoms with E-state index in [-0.39, 0.29) is 0 Å². The van der Waals surface area contributed by atoms with Crippen molar-refractivity contribution in [3.05, 3.63) is 54.5 Å². The van der Waals surface area contributed by atoms with Gasteiger partial charge in [0, 0.05) is 51.3 Å². The van der Waals surface area contributed by atoms with Crippen molar-refractivity contribution in [1.29, 1.82) is 0 Å². The van der Waals surface area contributed by atoms with Gasteiger partial charge in [0.15, 0.2) is 0 Å². The van der Waals surface area contributed by atoms with Gasteiger partial charge in [0.1, 0.15) is 5.82 Å². The Morgan fingerprint density at radius 3 is 2.67 bits per heavy atom. The molecule has 110 valence electrons. The molecule has 0 aliphatic carbocycles. The van der Waals surface area contributed by atoms with Crippen LogP contribution in [0.2, 0.25) is 0 Å². The average Bonchev–Trinajstić information content (AvgIpc) is 2.57. The number of rotatable bonds is 4. The van der Waals surface area contributed by atoms with Gasteiger partial charge >= 0.3 is 0 Å². The van der Waals surface area contributed by atoms with E-state index in [0.717, 1.165) is 25.5 Å². The maximum absolute atomic E-state index is 4.44. The van der Waals surface area contributed by atoms with Gasteiger partial charge in [0.05, 0.1) is 0 Å². The minimum Gasteiger partial charge on any atom is -0.357 e. The fourth-order valence-corrected chi connectivity index (χ4v) is 2.96. The highest BCUT2D eigenvalue weighted by Gasteiger charge is 2.23. The molecule has 0 unspecified atom stereocenters. The molecule has 0 N–H and O–H groups in total. The zero-order valence-electron chi connectivity index (χ0n) is 12.5. The molecule has 3 rings (SSSR count). The predicted molar refractivity (Wildman–Crippen MR) is 85.2 cm³/mol. The van der Waals surface area contributed by atoms with Gasteiger partial charge in [-0.15, -0.1) is 0 Å². The Morgan fingerprint density at radius 1 is 1.14 bits per heavy atom. The van der Waals surface area contributed by atoms with Crippen molar-refractivity contribution in [3.8, 4) is 0 Å². The van der Waals surface area contributed by atoms with Crippen molar-refractivity contribution in [3.63, 3.8) is 0 Å². The first-order chi connectivity index (χ1) is 10.3. The third kappa shape index (κ3) is 3.58. The van der Waals surface area contributed by atoms with Crippen LogP contribution in [0, 0.1) is 0 Å². The summed E-state index contributed by atoms with van der Waals surface area (Å²) in [5.41, 5.74) is 1.30. The van der Waals surface area contributed by atoms with Gasteiger partial charge in [0.25, 0.3) is 0 Å². The van der Waals surface area contributed by atoms with Gasteiger partial charge in [-0.3, -0.25) is 9.88 Å². The van der Waals surface area contributed by atoms with Crippen molar-refractivity contribution in [1.82, 2.24) is 14.9 Å². The monoisotopic (exact) mass is 282 g/mol. The standard InChI is InChI=1S/C17H22N4/c1-20(17-6-2-3-10-19-17)16-7-11-21(12-8-16)14-15-5-4-9-18-13-15/h2-6,9-10,13,16H,7-8,11-12,14H2,1H3. The van der Waals surface area contributed by atoms with Crippen LogP contribution in [0.3, 0.4) is 0 Å². The van der Waals surface area contributed by atoms with Crippen LogP contribution >= 0.6 is 0 Å². The summed E-state index contributed by atoms with van der Waals surface area (Å²) in [4.78, 5) is 13.5. The van der Waals surface area contributed by atoms with Crippen molar-refractivity contribution < 1.29 is 0 Å². The molecule has 21 heavy (non-hydrogen) atoms. The summed E-state index contributed by atoms with van der Waals surface area (Å²) in [5.74, 6) is 1.07. The molecule has 1 aliphatic rings. The van der Waals surface area contributed by atoms with E-state index in [1.807, 2.05) is 30.7 Å². The number of likely N-dealkylation sites (tertiary alicyclic amines) is 1. The second-order valence-corrected chi connectivity index (χ2v) is 5.67. The molecule has 3 heterocycles. The fraction of sp³-hybridized carbons (Fsp3) is 0.412. The minimum absolute atomic E-state index is 0.588. The highest BCUT2D eigenvalue weighted by molar-refractivity contribution is 5.38. The normalized spacial score (nSPS) is 16.8. The fourth-order valence-electron chi connectivity index (χ4n) is 2.96. The van der Waals surface area contributed by atoms with Crippen LogP contribution in [0.4, 0.5) is 5.82 Å². The molecule has 1 aliphatic heterocycles. The number of nitrogens with zero attached hydrogens (tertiary/aromatic N) is 4. The second kappa shape index (κ2) is 6.68. The summed E-state index contributed by atoms with van der Waals surface area (Å²) < 4.78 is 0. The van der Waals surface area contributed by atoms with Crippen molar-refractivity contribution in [2.45, 2.75) is 25.4 Å². The van der Waals surface area contributed by atoms with Crippen LogP contribution in [0.1, 0.15) is 18.4 Å². The Labute approximate surface area is 126 Å². The molecule has 1 fully saturated rings. The Kier molecular flexibility index (Phi) is 4.46. The van der Waals surface area contributed by atoms with Gasteiger partial charge in [-0.1, -0.05) is 12.1 Å². The number of pyridine rings is 2. The number of piperidine rings is 1. The summed E-state index contributed by atoms with van der Waals surface area (Å²) in [6.45, 7) is 3.28. The third-order valence-corrected chi connectivity index (χ3v) is 4.24. The number of hydrogen-bond donors (Lipinski definition) is 0. The van der Waals surface area contributed by atoms with E-state index in [0.29, 0.717) is 6.04 Å². The smallest absolute Gasteiger partial charge is 0.128 e. The number of hydrogen-bond acceptors (Lipinski definition) is 4. The first-order valence-electron chi connectivity index (χ1n) is 7.58. The van der Waals surface area contributed by atoms with Gasteiger partial charge < -0.3 is 4.90 Å². The maximum Gasteiger partial charge on any atom is 0.128 e. The molecule has 4 nitrogen and oxygen atoms in total. The molecule has 0 atom stereocenters. The lowest BCUT2D eigenvalue weighted by atomic mass is 10.0. The van der Waals surface area contributed by atoms with Crippen LogP contribution in [0.15, 0.2) is 48.9 Å². The molecular weight excluding hydrogens is 260 g/mol. The molecule has 0 spiro atoms. The largest absolute Gasteiger partial charge is 0.357 e. The maximum atomic E-state index is 4.44. The molecule has 0 radical (unpaired) electrons. The molecule has 2 aromatic rings.